The highest BCUT2D eigenvalue weighted by Gasteiger charge is 2.02. The minimum absolute atomic E-state index is 0.350. The molecule has 0 bridgehead atoms. The van der Waals surface area contributed by atoms with Gasteiger partial charge in [-0.3, -0.25) is 4.79 Å². The number of hydrogen-bond donors (Lipinski definition) is 1. The molecule has 0 saturated carbocycles. The van der Waals surface area contributed by atoms with E-state index in [1.807, 2.05) is 0 Å². The molecule has 0 atom stereocenters. The van der Waals surface area contributed by atoms with Crippen LogP contribution in [-0.4, -0.2) is 4.98 Å². The lowest BCUT2D eigenvalue weighted by atomic mass is 10.2. The lowest BCUT2D eigenvalue weighted by molar-refractivity contribution is 0.613. The highest BCUT2D eigenvalue weighted by molar-refractivity contribution is 5.34. The van der Waals surface area contributed by atoms with E-state index in [1.54, 1.807) is 13.8 Å². The maximum Gasteiger partial charge on any atom is 0.251 e. The van der Waals surface area contributed by atoms with Gasteiger partial charge < -0.3 is 4.98 Å². The number of nitrogens with one attached hydrogen (secondary N) is 1. The van der Waals surface area contributed by atoms with E-state index in [0.717, 1.165) is 6.07 Å². The van der Waals surface area contributed by atoms with Crippen molar-refractivity contribution in [1.29, 1.82) is 0 Å². The van der Waals surface area contributed by atoms with Crippen LogP contribution in [0.5, 0.6) is 0 Å². The first kappa shape index (κ1) is 8.54. The van der Waals surface area contributed by atoms with Gasteiger partial charge in [0.1, 0.15) is 5.82 Å². The standard InChI is InChI=1S/C9H8FNO/c1-3-4-8-6(2)7(10)5-9(12)11-8/h5H,1-2H3,(H,11,12). The van der Waals surface area contributed by atoms with E-state index in [-0.39, 0.29) is 0 Å². The van der Waals surface area contributed by atoms with Crippen molar-refractivity contribution in [1.82, 2.24) is 4.98 Å². The number of pyridine rings is 1. The fraction of sp³-hybridized carbons (Fsp3) is 0.222. The zero-order chi connectivity index (χ0) is 9.14. The summed E-state index contributed by atoms with van der Waals surface area (Å²) < 4.78 is 12.9. The summed E-state index contributed by atoms with van der Waals surface area (Å²) in [5.74, 6) is 4.69. The number of hydrogen-bond acceptors (Lipinski definition) is 1. The van der Waals surface area contributed by atoms with Crippen molar-refractivity contribution in [3.63, 3.8) is 0 Å². The van der Waals surface area contributed by atoms with Crippen molar-refractivity contribution in [2.45, 2.75) is 13.8 Å². The third-order valence-electron chi connectivity index (χ3n) is 1.49. The van der Waals surface area contributed by atoms with Gasteiger partial charge in [0, 0.05) is 11.6 Å². The molecule has 1 aromatic rings. The summed E-state index contributed by atoms with van der Waals surface area (Å²) >= 11 is 0. The Bertz CT molecular complexity index is 409. The summed E-state index contributed by atoms with van der Waals surface area (Å²) in [4.78, 5) is 13.2. The smallest absolute Gasteiger partial charge is 0.251 e. The monoisotopic (exact) mass is 165 g/mol. The Morgan fingerprint density at radius 3 is 2.83 bits per heavy atom. The van der Waals surface area contributed by atoms with Gasteiger partial charge in [-0.15, -0.1) is 0 Å². The number of rotatable bonds is 0. The van der Waals surface area contributed by atoms with Crippen LogP contribution in [-0.2, 0) is 0 Å². The topological polar surface area (TPSA) is 32.9 Å². The van der Waals surface area contributed by atoms with Gasteiger partial charge in [-0.05, 0) is 19.8 Å². The third-order valence-corrected chi connectivity index (χ3v) is 1.49. The first-order valence-electron chi connectivity index (χ1n) is 3.47. The second kappa shape index (κ2) is 3.22. The van der Waals surface area contributed by atoms with Gasteiger partial charge in [-0.2, -0.15) is 0 Å². The summed E-state index contributed by atoms with van der Waals surface area (Å²) in [6, 6.07) is 0.913. The second-order valence-electron chi connectivity index (χ2n) is 2.36. The molecule has 12 heavy (non-hydrogen) atoms. The molecule has 1 N–H and O–H groups in total. The summed E-state index contributed by atoms with van der Waals surface area (Å²) in [7, 11) is 0. The summed E-state index contributed by atoms with van der Waals surface area (Å²) in [6.07, 6.45) is 0. The molecule has 0 aliphatic heterocycles. The van der Waals surface area contributed by atoms with E-state index in [9.17, 15) is 9.18 Å². The molecule has 0 radical (unpaired) electrons. The minimum Gasteiger partial charge on any atom is -0.315 e. The Labute approximate surface area is 69.4 Å². The Kier molecular flexibility index (Phi) is 2.29. The summed E-state index contributed by atoms with van der Waals surface area (Å²) in [5, 5.41) is 0. The van der Waals surface area contributed by atoms with Crippen molar-refractivity contribution in [2.24, 2.45) is 0 Å². The quantitative estimate of drug-likeness (QED) is 0.575. The van der Waals surface area contributed by atoms with Gasteiger partial charge in [-0.1, -0.05) is 5.92 Å². The van der Waals surface area contributed by atoms with Crippen molar-refractivity contribution < 1.29 is 4.39 Å². The normalized spacial score (nSPS) is 8.92. The SMILES string of the molecule is CC#Cc1[nH]c(=O)cc(F)c1C. The van der Waals surface area contributed by atoms with Crippen LogP contribution < -0.4 is 5.56 Å². The largest absolute Gasteiger partial charge is 0.315 e. The molecule has 2 nitrogen and oxygen atoms in total. The molecule has 1 rings (SSSR count). The molecule has 1 heterocycles. The Morgan fingerprint density at radius 1 is 1.58 bits per heavy atom. The van der Waals surface area contributed by atoms with Gasteiger partial charge in [0.05, 0.1) is 5.69 Å². The Morgan fingerprint density at radius 2 is 2.25 bits per heavy atom. The van der Waals surface area contributed by atoms with Crippen LogP contribution in [0.3, 0.4) is 0 Å². The maximum absolute atomic E-state index is 12.9. The molecule has 0 aliphatic carbocycles. The van der Waals surface area contributed by atoms with E-state index in [4.69, 9.17) is 0 Å². The fourth-order valence-corrected chi connectivity index (χ4v) is 0.846. The average Bonchev–Trinajstić information content (AvgIpc) is 2.00. The van der Waals surface area contributed by atoms with E-state index in [1.165, 1.54) is 0 Å². The van der Waals surface area contributed by atoms with E-state index >= 15 is 0 Å². The molecule has 0 spiro atoms. The van der Waals surface area contributed by atoms with Crippen LogP contribution >= 0.6 is 0 Å². The molecule has 0 fully saturated rings. The predicted molar refractivity (Wildman–Crippen MR) is 44.3 cm³/mol. The van der Waals surface area contributed by atoms with Crippen LogP contribution in [0.1, 0.15) is 18.2 Å². The average molecular weight is 165 g/mol. The Balaban J connectivity index is 3.44. The molecule has 1 aromatic heterocycles. The Hall–Kier alpha value is -1.56. The van der Waals surface area contributed by atoms with E-state index in [2.05, 4.69) is 16.8 Å². The van der Waals surface area contributed by atoms with Crippen LogP contribution in [0.2, 0.25) is 0 Å². The van der Waals surface area contributed by atoms with Gasteiger partial charge in [-0.25, -0.2) is 4.39 Å². The number of aromatic nitrogens is 1. The lowest BCUT2D eigenvalue weighted by Crippen LogP contribution is -2.09. The van der Waals surface area contributed by atoms with Gasteiger partial charge >= 0.3 is 0 Å². The van der Waals surface area contributed by atoms with Crippen molar-refractivity contribution in [3.8, 4) is 11.8 Å². The van der Waals surface area contributed by atoms with Crippen LogP contribution in [0.4, 0.5) is 4.39 Å². The fourth-order valence-electron chi connectivity index (χ4n) is 0.846. The molecular weight excluding hydrogens is 157 g/mol. The highest BCUT2D eigenvalue weighted by Crippen LogP contribution is 2.04. The van der Waals surface area contributed by atoms with Crippen LogP contribution in [0.15, 0.2) is 10.9 Å². The van der Waals surface area contributed by atoms with Crippen LogP contribution in [0, 0.1) is 24.6 Å². The van der Waals surface area contributed by atoms with Crippen molar-refractivity contribution >= 4 is 0 Å². The zero-order valence-electron chi connectivity index (χ0n) is 6.86. The number of halogens is 1. The van der Waals surface area contributed by atoms with E-state index in [0.29, 0.717) is 11.3 Å². The number of H-pyrrole nitrogens is 1. The number of aromatic amines is 1. The molecular formula is C9H8FNO. The molecule has 0 amide bonds. The van der Waals surface area contributed by atoms with Gasteiger partial charge in [0.15, 0.2) is 0 Å². The van der Waals surface area contributed by atoms with Crippen molar-refractivity contribution in [3.05, 3.63) is 33.5 Å². The van der Waals surface area contributed by atoms with Gasteiger partial charge in [0.25, 0.3) is 5.56 Å². The predicted octanol–water partition coefficient (Wildman–Crippen LogP) is 1.19. The highest BCUT2D eigenvalue weighted by atomic mass is 19.1. The molecule has 0 unspecified atom stereocenters. The second-order valence-corrected chi connectivity index (χ2v) is 2.36. The molecule has 0 saturated heterocycles. The summed E-state index contributed by atoms with van der Waals surface area (Å²) in [6.45, 7) is 3.20. The first-order chi connectivity index (χ1) is 5.65. The van der Waals surface area contributed by atoms with E-state index < -0.39 is 11.4 Å². The maximum atomic E-state index is 12.9. The third kappa shape index (κ3) is 1.54. The first-order valence-corrected chi connectivity index (χ1v) is 3.47. The van der Waals surface area contributed by atoms with Gasteiger partial charge in [0.2, 0.25) is 0 Å². The minimum atomic E-state index is -0.517. The summed E-state index contributed by atoms with van der Waals surface area (Å²) in [5.41, 5.74) is 0.266. The molecule has 62 valence electrons. The molecule has 0 aromatic carbocycles. The molecule has 3 heteroatoms. The zero-order valence-corrected chi connectivity index (χ0v) is 6.86. The van der Waals surface area contributed by atoms with Crippen molar-refractivity contribution in [2.75, 3.05) is 0 Å². The lowest BCUT2D eigenvalue weighted by Gasteiger charge is -1.97. The van der Waals surface area contributed by atoms with Crippen LogP contribution in [0.25, 0.3) is 0 Å². The molecule has 0 aliphatic rings.